The molecule has 68 valence electrons. The molecule has 0 nitrogen and oxygen atoms in total. The van der Waals surface area contributed by atoms with E-state index in [2.05, 4.69) is 46.4 Å². The highest BCUT2D eigenvalue weighted by atomic mass is 32.2. The summed E-state index contributed by atoms with van der Waals surface area (Å²) in [5.41, 5.74) is 0. The molecule has 0 amide bonds. The fraction of sp³-hybridized carbons (Fsp3) is 1.00. The predicted octanol–water partition coefficient (Wildman–Crippen LogP) is 4.10. The summed E-state index contributed by atoms with van der Waals surface area (Å²) in [5.74, 6) is 0. The Morgan fingerprint density at radius 2 is 1.82 bits per heavy atom. The maximum absolute atomic E-state index is 2.39. The summed E-state index contributed by atoms with van der Waals surface area (Å²) in [4.78, 5) is 0. The highest BCUT2D eigenvalue weighted by molar-refractivity contribution is 8.01. The predicted molar refractivity (Wildman–Crippen MR) is 56.3 cm³/mol. The Labute approximate surface area is 76.1 Å². The zero-order valence-electron chi connectivity index (χ0n) is 8.61. The second-order valence-electron chi connectivity index (χ2n) is 3.72. The van der Waals surface area contributed by atoms with Gasteiger partial charge in [0.05, 0.1) is 0 Å². The molecule has 0 aliphatic carbocycles. The fourth-order valence-electron chi connectivity index (χ4n) is 1.42. The van der Waals surface area contributed by atoms with E-state index in [1.807, 2.05) is 0 Å². The fourth-order valence-corrected chi connectivity index (χ4v) is 3.04. The van der Waals surface area contributed by atoms with Gasteiger partial charge in [0.15, 0.2) is 0 Å². The molecule has 0 bridgehead atoms. The van der Waals surface area contributed by atoms with Gasteiger partial charge in [-0.3, -0.25) is 0 Å². The number of rotatable bonds is 5. The van der Waals surface area contributed by atoms with Crippen LogP contribution in [-0.4, -0.2) is 10.00 Å². The summed E-state index contributed by atoms with van der Waals surface area (Å²) in [7, 11) is 0. The standard InChI is InChI=1S/C10H22S/c1-6-8-10(5,7-2)11-9(3)4/h9H,6-8H2,1-5H3. The minimum Gasteiger partial charge on any atom is -0.153 e. The molecule has 0 heterocycles. The highest BCUT2D eigenvalue weighted by Crippen LogP contribution is 2.35. The Morgan fingerprint density at radius 3 is 2.09 bits per heavy atom. The van der Waals surface area contributed by atoms with E-state index in [9.17, 15) is 0 Å². The van der Waals surface area contributed by atoms with E-state index in [4.69, 9.17) is 0 Å². The molecule has 0 rings (SSSR count). The van der Waals surface area contributed by atoms with Gasteiger partial charge in [0, 0.05) is 4.75 Å². The van der Waals surface area contributed by atoms with Gasteiger partial charge in [-0.05, 0) is 18.1 Å². The lowest BCUT2D eigenvalue weighted by molar-refractivity contribution is 0.558. The largest absolute Gasteiger partial charge is 0.153 e. The summed E-state index contributed by atoms with van der Waals surface area (Å²) in [6.45, 7) is 11.5. The third-order valence-corrected chi connectivity index (χ3v) is 3.58. The van der Waals surface area contributed by atoms with Crippen molar-refractivity contribution in [3.05, 3.63) is 0 Å². The van der Waals surface area contributed by atoms with Crippen LogP contribution in [0.2, 0.25) is 0 Å². The number of thioether (sulfide) groups is 1. The quantitative estimate of drug-likeness (QED) is 0.605. The average molecular weight is 174 g/mol. The van der Waals surface area contributed by atoms with Crippen molar-refractivity contribution in [3.63, 3.8) is 0 Å². The molecule has 0 aromatic carbocycles. The Balaban J connectivity index is 3.87. The molecular formula is C10H22S. The third-order valence-electron chi connectivity index (χ3n) is 2.05. The number of hydrogen-bond acceptors (Lipinski definition) is 1. The lowest BCUT2D eigenvalue weighted by atomic mass is 10.0. The van der Waals surface area contributed by atoms with E-state index in [1.165, 1.54) is 19.3 Å². The van der Waals surface area contributed by atoms with Gasteiger partial charge in [0.2, 0.25) is 0 Å². The molecule has 0 aliphatic rings. The van der Waals surface area contributed by atoms with Crippen LogP contribution in [0.4, 0.5) is 0 Å². The Morgan fingerprint density at radius 1 is 1.27 bits per heavy atom. The summed E-state index contributed by atoms with van der Waals surface area (Å²) in [6.07, 6.45) is 3.96. The van der Waals surface area contributed by atoms with Gasteiger partial charge in [0.25, 0.3) is 0 Å². The molecule has 0 aliphatic heterocycles. The molecule has 0 saturated heterocycles. The smallest absolute Gasteiger partial charge is 0.0131 e. The zero-order valence-corrected chi connectivity index (χ0v) is 9.42. The minimum atomic E-state index is 0.531. The van der Waals surface area contributed by atoms with Crippen LogP contribution in [-0.2, 0) is 0 Å². The first-order valence-corrected chi connectivity index (χ1v) is 5.60. The maximum atomic E-state index is 2.39. The van der Waals surface area contributed by atoms with E-state index >= 15 is 0 Å². The van der Waals surface area contributed by atoms with Crippen LogP contribution in [0.5, 0.6) is 0 Å². The van der Waals surface area contributed by atoms with Crippen molar-refractivity contribution in [1.82, 2.24) is 0 Å². The van der Waals surface area contributed by atoms with Crippen molar-refractivity contribution in [2.24, 2.45) is 0 Å². The van der Waals surface area contributed by atoms with Gasteiger partial charge in [-0.1, -0.05) is 41.0 Å². The summed E-state index contributed by atoms with van der Waals surface area (Å²) in [5, 5.41) is 0.770. The van der Waals surface area contributed by atoms with Crippen molar-refractivity contribution in [2.75, 3.05) is 0 Å². The van der Waals surface area contributed by atoms with Crippen LogP contribution >= 0.6 is 11.8 Å². The first-order valence-electron chi connectivity index (χ1n) is 4.72. The molecule has 11 heavy (non-hydrogen) atoms. The lowest BCUT2D eigenvalue weighted by Gasteiger charge is -2.29. The van der Waals surface area contributed by atoms with Crippen molar-refractivity contribution in [2.45, 2.75) is 63.9 Å². The molecule has 0 radical (unpaired) electrons. The molecule has 0 fully saturated rings. The first kappa shape index (κ1) is 11.4. The van der Waals surface area contributed by atoms with Crippen LogP contribution in [0, 0.1) is 0 Å². The molecule has 0 aromatic rings. The number of hydrogen-bond donors (Lipinski definition) is 0. The van der Waals surface area contributed by atoms with Gasteiger partial charge >= 0.3 is 0 Å². The average Bonchev–Trinajstić information content (AvgIpc) is 1.87. The van der Waals surface area contributed by atoms with Crippen molar-refractivity contribution in [1.29, 1.82) is 0 Å². The molecule has 0 aromatic heterocycles. The zero-order chi connectivity index (χ0) is 8.91. The molecule has 1 atom stereocenters. The maximum Gasteiger partial charge on any atom is 0.0131 e. The van der Waals surface area contributed by atoms with E-state index < -0.39 is 0 Å². The minimum absolute atomic E-state index is 0.531. The van der Waals surface area contributed by atoms with Crippen molar-refractivity contribution < 1.29 is 0 Å². The first-order chi connectivity index (χ1) is 5.04. The van der Waals surface area contributed by atoms with E-state index in [0.29, 0.717) is 4.75 Å². The van der Waals surface area contributed by atoms with E-state index in [1.54, 1.807) is 0 Å². The molecule has 0 spiro atoms. The van der Waals surface area contributed by atoms with Crippen molar-refractivity contribution in [3.8, 4) is 0 Å². The third kappa shape index (κ3) is 4.73. The van der Waals surface area contributed by atoms with E-state index in [-0.39, 0.29) is 0 Å². The molecule has 1 heteroatoms. The van der Waals surface area contributed by atoms with Gasteiger partial charge in [-0.25, -0.2) is 0 Å². The molecule has 0 N–H and O–H groups in total. The Kier molecular flexibility index (Phi) is 5.24. The highest BCUT2D eigenvalue weighted by Gasteiger charge is 2.22. The molecule has 1 unspecified atom stereocenters. The van der Waals surface area contributed by atoms with Crippen LogP contribution in [0.25, 0.3) is 0 Å². The summed E-state index contributed by atoms with van der Waals surface area (Å²) in [6, 6.07) is 0. The van der Waals surface area contributed by atoms with E-state index in [0.717, 1.165) is 5.25 Å². The Bertz CT molecular complexity index is 99.0. The van der Waals surface area contributed by atoms with Crippen molar-refractivity contribution >= 4 is 11.8 Å². The summed E-state index contributed by atoms with van der Waals surface area (Å²) < 4.78 is 0.531. The monoisotopic (exact) mass is 174 g/mol. The summed E-state index contributed by atoms with van der Waals surface area (Å²) >= 11 is 2.13. The van der Waals surface area contributed by atoms with Gasteiger partial charge < -0.3 is 0 Å². The second kappa shape index (κ2) is 5.08. The van der Waals surface area contributed by atoms with Gasteiger partial charge in [0.1, 0.15) is 0 Å². The van der Waals surface area contributed by atoms with Crippen LogP contribution in [0.1, 0.15) is 53.9 Å². The van der Waals surface area contributed by atoms with Gasteiger partial charge in [-0.15, -0.1) is 0 Å². The SMILES string of the molecule is CCCC(C)(CC)SC(C)C. The van der Waals surface area contributed by atoms with Crippen LogP contribution in [0.15, 0.2) is 0 Å². The van der Waals surface area contributed by atoms with Crippen LogP contribution < -0.4 is 0 Å². The normalized spacial score (nSPS) is 16.9. The molecular weight excluding hydrogens is 152 g/mol. The van der Waals surface area contributed by atoms with Gasteiger partial charge in [-0.2, -0.15) is 11.8 Å². The Hall–Kier alpha value is 0.350. The lowest BCUT2D eigenvalue weighted by Crippen LogP contribution is -2.20. The van der Waals surface area contributed by atoms with Crippen LogP contribution in [0.3, 0.4) is 0 Å². The molecule has 0 saturated carbocycles. The second-order valence-corrected chi connectivity index (χ2v) is 5.88. The topological polar surface area (TPSA) is 0 Å².